The lowest BCUT2D eigenvalue weighted by atomic mass is 9.45. The summed E-state index contributed by atoms with van der Waals surface area (Å²) in [6.07, 6.45) is 6.22. The molecule has 0 amide bonds. The van der Waals surface area contributed by atoms with Gasteiger partial charge in [-0.2, -0.15) is 0 Å². The van der Waals surface area contributed by atoms with Crippen LogP contribution in [0.25, 0.3) is 0 Å². The maximum absolute atomic E-state index is 9.73. The monoisotopic (exact) mass is 301 g/mol. The van der Waals surface area contributed by atoms with Gasteiger partial charge in [0.15, 0.2) is 5.96 Å². The zero-order valence-electron chi connectivity index (χ0n) is 13.7. The molecule has 1 spiro atoms. The van der Waals surface area contributed by atoms with Crippen molar-refractivity contribution in [1.29, 1.82) is 0 Å². The van der Waals surface area contributed by atoms with Crippen molar-refractivity contribution in [2.24, 2.45) is 21.6 Å². The number of hydrogen-bond acceptors (Lipinski definition) is 2. The molecule has 120 valence electrons. The van der Waals surface area contributed by atoms with E-state index in [2.05, 4.69) is 42.4 Å². The minimum Gasteiger partial charge on any atom is -0.396 e. The van der Waals surface area contributed by atoms with Gasteiger partial charge in [0.1, 0.15) is 0 Å². The van der Waals surface area contributed by atoms with Gasteiger partial charge in [0.05, 0.1) is 13.2 Å². The number of nitrogens with zero attached hydrogens (tertiary/aromatic N) is 1. The Bertz CT molecular complexity index is 562. The first-order valence-electron chi connectivity index (χ1n) is 8.21. The molecule has 0 aromatic heterocycles. The second kappa shape index (κ2) is 5.58. The summed E-state index contributed by atoms with van der Waals surface area (Å²) in [5.41, 5.74) is 9.90. The summed E-state index contributed by atoms with van der Waals surface area (Å²) in [5, 5.41) is 12.9. The molecule has 2 fully saturated rings. The Kier molecular flexibility index (Phi) is 3.89. The molecule has 4 N–H and O–H groups in total. The molecule has 0 unspecified atom stereocenters. The van der Waals surface area contributed by atoms with Crippen molar-refractivity contribution in [1.82, 2.24) is 0 Å². The predicted molar refractivity (Wildman–Crippen MR) is 91.1 cm³/mol. The molecule has 22 heavy (non-hydrogen) atoms. The first-order chi connectivity index (χ1) is 10.4. The summed E-state index contributed by atoms with van der Waals surface area (Å²) in [5.74, 6) is 0.437. The number of aliphatic hydroxyl groups excluding tert-OH is 1. The van der Waals surface area contributed by atoms with E-state index in [4.69, 9.17) is 5.73 Å². The highest BCUT2D eigenvalue weighted by Crippen LogP contribution is 2.64. The van der Waals surface area contributed by atoms with Crippen LogP contribution < -0.4 is 11.1 Å². The van der Waals surface area contributed by atoms with E-state index in [1.54, 1.807) is 0 Å². The second-order valence-electron chi connectivity index (χ2n) is 7.57. The van der Waals surface area contributed by atoms with E-state index in [1.165, 1.54) is 30.4 Å². The summed E-state index contributed by atoms with van der Waals surface area (Å²) in [4.78, 5) is 4.49. The first-order valence-corrected chi connectivity index (χ1v) is 8.21. The van der Waals surface area contributed by atoms with Crippen LogP contribution in [0.4, 0.5) is 5.69 Å². The van der Waals surface area contributed by atoms with Crippen LogP contribution in [-0.2, 0) is 0 Å². The van der Waals surface area contributed by atoms with Gasteiger partial charge in [-0.1, -0.05) is 12.5 Å². The number of aryl methyl sites for hydroxylation is 2. The van der Waals surface area contributed by atoms with E-state index in [9.17, 15) is 5.11 Å². The number of anilines is 1. The number of guanidine groups is 1. The summed E-state index contributed by atoms with van der Waals surface area (Å²) in [7, 11) is 0. The lowest BCUT2D eigenvalue weighted by molar-refractivity contribution is -0.114. The van der Waals surface area contributed by atoms with Crippen LogP contribution in [-0.4, -0.2) is 24.2 Å². The SMILES string of the molecule is Cc1cc(C)cc(NC(N)=NCC2(CO)CC3(CCC3)C2)c1. The maximum Gasteiger partial charge on any atom is 0.193 e. The average molecular weight is 301 g/mol. The van der Waals surface area contributed by atoms with Crippen LogP contribution in [0.2, 0.25) is 0 Å². The number of nitrogens with two attached hydrogens (primary N) is 1. The molecule has 0 saturated heterocycles. The third-order valence-electron chi connectivity index (χ3n) is 5.33. The van der Waals surface area contributed by atoms with Crippen LogP contribution in [0.1, 0.15) is 43.2 Å². The lowest BCUT2D eigenvalue weighted by Crippen LogP contribution is -2.54. The number of nitrogens with one attached hydrogen (secondary N) is 1. The van der Waals surface area contributed by atoms with E-state index in [-0.39, 0.29) is 12.0 Å². The van der Waals surface area contributed by atoms with Gasteiger partial charge in [-0.25, -0.2) is 0 Å². The highest BCUT2D eigenvalue weighted by Gasteiger charge is 2.56. The first kappa shape index (κ1) is 15.3. The van der Waals surface area contributed by atoms with Crippen LogP contribution in [0.5, 0.6) is 0 Å². The fraction of sp³-hybridized carbons (Fsp3) is 0.611. The van der Waals surface area contributed by atoms with Crippen molar-refractivity contribution in [3.63, 3.8) is 0 Å². The third-order valence-corrected chi connectivity index (χ3v) is 5.33. The molecule has 0 atom stereocenters. The summed E-state index contributed by atoms with van der Waals surface area (Å²) < 4.78 is 0. The van der Waals surface area contributed by atoms with E-state index >= 15 is 0 Å². The number of rotatable bonds is 4. The lowest BCUT2D eigenvalue weighted by Gasteiger charge is -2.60. The molecule has 4 heteroatoms. The minimum atomic E-state index is -0.0325. The van der Waals surface area contributed by atoms with Crippen molar-refractivity contribution >= 4 is 11.6 Å². The minimum absolute atomic E-state index is 0.0325. The van der Waals surface area contributed by atoms with Gasteiger partial charge in [-0.3, -0.25) is 4.99 Å². The molecule has 0 bridgehead atoms. The van der Waals surface area contributed by atoms with E-state index in [0.29, 0.717) is 17.9 Å². The van der Waals surface area contributed by atoms with Crippen molar-refractivity contribution in [3.05, 3.63) is 29.3 Å². The molecular weight excluding hydrogens is 274 g/mol. The number of benzene rings is 1. The van der Waals surface area contributed by atoms with Gasteiger partial charge < -0.3 is 16.2 Å². The van der Waals surface area contributed by atoms with Gasteiger partial charge in [-0.05, 0) is 68.2 Å². The average Bonchev–Trinajstić information content (AvgIpc) is 2.34. The van der Waals surface area contributed by atoms with E-state index in [0.717, 1.165) is 18.5 Å². The Morgan fingerprint density at radius 1 is 1.23 bits per heavy atom. The molecule has 1 aromatic rings. The quantitative estimate of drug-likeness (QED) is 0.591. The highest BCUT2D eigenvalue weighted by molar-refractivity contribution is 5.92. The largest absolute Gasteiger partial charge is 0.396 e. The number of aliphatic imine (C=N–C) groups is 1. The van der Waals surface area contributed by atoms with Crippen LogP contribution in [0, 0.1) is 24.7 Å². The van der Waals surface area contributed by atoms with Gasteiger partial charge >= 0.3 is 0 Å². The van der Waals surface area contributed by atoms with Gasteiger partial charge in [0.25, 0.3) is 0 Å². The molecule has 1 aromatic carbocycles. The highest BCUT2D eigenvalue weighted by atomic mass is 16.3. The van der Waals surface area contributed by atoms with Crippen molar-refractivity contribution in [2.75, 3.05) is 18.5 Å². The maximum atomic E-state index is 9.73. The Morgan fingerprint density at radius 3 is 2.36 bits per heavy atom. The second-order valence-corrected chi connectivity index (χ2v) is 7.57. The Morgan fingerprint density at radius 2 is 1.86 bits per heavy atom. The molecule has 3 rings (SSSR count). The van der Waals surface area contributed by atoms with Crippen LogP contribution in [0.15, 0.2) is 23.2 Å². The fourth-order valence-electron chi connectivity index (χ4n) is 4.33. The standard InChI is InChI=1S/C18H27N3O/c1-13-6-14(2)8-15(7-13)21-16(19)20-11-18(12-22)9-17(10-18)4-3-5-17/h6-8,22H,3-5,9-12H2,1-2H3,(H3,19,20,21). The molecule has 4 nitrogen and oxygen atoms in total. The number of hydrogen-bond donors (Lipinski definition) is 3. The van der Waals surface area contributed by atoms with Crippen LogP contribution in [0.3, 0.4) is 0 Å². The molecule has 2 aliphatic rings. The summed E-state index contributed by atoms with van der Waals surface area (Å²) >= 11 is 0. The van der Waals surface area contributed by atoms with Crippen LogP contribution >= 0.6 is 0 Å². The van der Waals surface area contributed by atoms with Gasteiger partial charge in [-0.15, -0.1) is 0 Å². The topological polar surface area (TPSA) is 70.6 Å². The van der Waals surface area contributed by atoms with Crippen molar-refractivity contribution in [3.8, 4) is 0 Å². The normalized spacial score (nSPS) is 22.0. The summed E-state index contributed by atoms with van der Waals surface area (Å²) in [6.45, 7) is 4.97. The molecule has 2 saturated carbocycles. The van der Waals surface area contributed by atoms with Gasteiger partial charge in [0, 0.05) is 11.1 Å². The number of aliphatic hydroxyl groups is 1. The molecule has 0 aliphatic heterocycles. The Hall–Kier alpha value is -1.55. The van der Waals surface area contributed by atoms with E-state index in [1.807, 2.05) is 0 Å². The Labute approximate surface area is 132 Å². The molecule has 0 heterocycles. The third kappa shape index (κ3) is 2.98. The Balaban J connectivity index is 1.59. The van der Waals surface area contributed by atoms with Crippen molar-refractivity contribution < 1.29 is 5.11 Å². The molecule has 2 aliphatic carbocycles. The zero-order valence-corrected chi connectivity index (χ0v) is 13.7. The van der Waals surface area contributed by atoms with Gasteiger partial charge in [0.2, 0.25) is 0 Å². The predicted octanol–water partition coefficient (Wildman–Crippen LogP) is 2.97. The summed E-state index contributed by atoms with van der Waals surface area (Å²) in [6, 6.07) is 6.25. The zero-order chi connectivity index (χ0) is 15.8. The molecule has 0 radical (unpaired) electrons. The molecular formula is C18H27N3O. The fourth-order valence-corrected chi connectivity index (χ4v) is 4.33. The smallest absolute Gasteiger partial charge is 0.193 e. The van der Waals surface area contributed by atoms with E-state index < -0.39 is 0 Å². The van der Waals surface area contributed by atoms with Crippen molar-refractivity contribution in [2.45, 2.75) is 46.0 Å².